The van der Waals surface area contributed by atoms with Crippen LogP contribution in [0.4, 0.5) is 0 Å². The van der Waals surface area contributed by atoms with Crippen molar-refractivity contribution in [3.05, 3.63) is 69.7 Å². The number of rotatable bonds is 4. The van der Waals surface area contributed by atoms with Crippen molar-refractivity contribution < 1.29 is 13.2 Å². The van der Waals surface area contributed by atoms with E-state index in [0.29, 0.717) is 29.3 Å². The van der Waals surface area contributed by atoms with Crippen LogP contribution in [0.1, 0.15) is 18.1 Å². The molecule has 0 aliphatic carbocycles. The molecule has 0 unspecified atom stereocenters. The lowest BCUT2D eigenvalue weighted by molar-refractivity contribution is 0.410. The predicted molar refractivity (Wildman–Crippen MR) is 103 cm³/mol. The number of benzene rings is 2. The van der Waals surface area contributed by atoms with Gasteiger partial charge in [0, 0.05) is 15.6 Å². The van der Waals surface area contributed by atoms with E-state index >= 15 is 0 Å². The van der Waals surface area contributed by atoms with Crippen molar-refractivity contribution in [2.75, 3.05) is 7.11 Å². The van der Waals surface area contributed by atoms with Gasteiger partial charge in [0.1, 0.15) is 16.5 Å². The third kappa shape index (κ3) is 3.62. The van der Waals surface area contributed by atoms with Crippen LogP contribution in [0, 0.1) is 0 Å². The van der Waals surface area contributed by atoms with Crippen molar-refractivity contribution in [3.63, 3.8) is 0 Å². The SMILES string of the molecule is COc1ccc(Br)cc1CN=C1NS(=O)(=O)C(c2ccccc2)=C1C. The molecule has 0 atom stereocenters. The monoisotopic (exact) mass is 420 g/mol. The van der Waals surface area contributed by atoms with E-state index < -0.39 is 10.0 Å². The predicted octanol–water partition coefficient (Wildman–Crippen LogP) is 3.72. The molecular weight excluding hydrogens is 404 g/mol. The van der Waals surface area contributed by atoms with E-state index in [1.54, 1.807) is 26.2 Å². The van der Waals surface area contributed by atoms with Gasteiger partial charge in [0.2, 0.25) is 0 Å². The molecule has 0 fully saturated rings. The smallest absolute Gasteiger partial charge is 0.264 e. The Labute approximate surface area is 155 Å². The second-order valence-electron chi connectivity index (χ2n) is 5.55. The van der Waals surface area contributed by atoms with Gasteiger partial charge in [-0.15, -0.1) is 0 Å². The van der Waals surface area contributed by atoms with Gasteiger partial charge in [-0.25, -0.2) is 8.42 Å². The Kier molecular flexibility index (Phi) is 4.96. The van der Waals surface area contributed by atoms with Crippen LogP contribution in [0.25, 0.3) is 4.91 Å². The Hall–Kier alpha value is -2.12. The van der Waals surface area contributed by atoms with Crippen LogP contribution in [0.5, 0.6) is 5.75 Å². The van der Waals surface area contributed by atoms with Crippen molar-refractivity contribution in [2.45, 2.75) is 13.5 Å². The van der Waals surface area contributed by atoms with Gasteiger partial charge in [0.15, 0.2) is 0 Å². The fraction of sp³-hybridized carbons (Fsp3) is 0.167. The largest absolute Gasteiger partial charge is 0.496 e. The number of nitrogens with zero attached hydrogens (tertiary/aromatic N) is 1. The molecule has 2 aromatic rings. The van der Waals surface area contributed by atoms with E-state index in [9.17, 15) is 8.42 Å². The highest BCUT2D eigenvalue weighted by Gasteiger charge is 2.32. The average Bonchev–Trinajstić information content (AvgIpc) is 2.82. The lowest BCUT2D eigenvalue weighted by atomic mass is 10.1. The summed E-state index contributed by atoms with van der Waals surface area (Å²) < 4.78 is 33.8. The lowest BCUT2D eigenvalue weighted by Gasteiger charge is -2.07. The minimum atomic E-state index is -3.61. The molecule has 7 heteroatoms. The highest BCUT2D eigenvalue weighted by molar-refractivity contribution is 9.10. The van der Waals surface area contributed by atoms with Gasteiger partial charge in [-0.2, -0.15) is 0 Å². The summed E-state index contributed by atoms with van der Waals surface area (Å²) in [6.07, 6.45) is 0. The van der Waals surface area contributed by atoms with Crippen LogP contribution < -0.4 is 9.46 Å². The average molecular weight is 421 g/mol. The highest BCUT2D eigenvalue weighted by Crippen LogP contribution is 2.30. The molecule has 25 heavy (non-hydrogen) atoms. The number of sulfonamides is 1. The third-order valence-electron chi connectivity index (χ3n) is 3.88. The Morgan fingerprint density at radius 1 is 1.16 bits per heavy atom. The van der Waals surface area contributed by atoms with E-state index in [-0.39, 0.29) is 4.91 Å². The highest BCUT2D eigenvalue weighted by atomic mass is 79.9. The van der Waals surface area contributed by atoms with Crippen LogP contribution in [0.2, 0.25) is 0 Å². The normalized spacial score (nSPS) is 17.6. The summed E-state index contributed by atoms with van der Waals surface area (Å²) in [6.45, 7) is 2.07. The van der Waals surface area contributed by atoms with E-state index in [0.717, 1.165) is 10.0 Å². The molecule has 1 heterocycles. The molecule has 1 aliphatic heterocycles. The molecule has 0 amide bonds. The first kappa shape index (κ1) is 17.7. The molecule has 3 rings (SSSR count). The molecular formula is C18H17BrN2O3S. The molecule has 0 bridgehead atoms. The zero-order chi connectivity index (χ0) is 18.0. The molecule has 0 saturated carbocycles. The van der Waals surface area contributed by atoms with E-state index in [2.05, 4.69) is 25.6 Å². The van der Waals surface area contributed by atoms with Gasteiger partial charge in [-0.3, -0.25) is 9.71 Å². The van der Waals surface area contributed by atoms with Gasteiger partial charge >= 0.3 is 0 Å². The molecule has 0 saturated heterocycles. The first-order valence-electron chi connectivity index (χ1n) is 7.59. The summed E-state index contributed by atoms with van der Waals surface area (Å²) in [6, 6.07) is 14.7. The topological polar surface area (TPSA) is 67.8 Å². The van der Waals surface area contributed by atoms with Gasteiger partial charge in [0.05, 0.1) is 13.7 Å². The van der Waals surface area contributed by atoms with Gasteiger partial charge in [-0.1, -0.05) is 46.3 Å². The van der Waals surface area contributed by atoms with Crippen molar-refractivity contribution in [1.29, 1.82) is 0 Å². The summed E-state index contributed by atoms with van der Waals surface area (Å²) in [7, 11) is -2.01. The molecule has 5 nitrogen and oxygen atoms in total. The number of amidine groups is 1. The Bertz CT molecular complexity index is 967. The van der Waals surface area contributed by atoms with Crippen molar-refractivity contribution in [3.8, 4) is 5.75 Å². The maximum absolute atomic E-state index is 12.5. The van der Waals surface area contributed by atoms with Crippen molar-refractivity contribution in [1.82, 2.24) is 4.72 Å². The summed E-state index contributed by atoms with van der Waals surface area (Å²) >= 11 is 3.42. The third-order valence-corrected chi connectivity index (χ3v) is 5.92. The fourth-order valence-corrected chi connectivity index (χ4v) is 4.64. The number of nitrogens with one attached hydrogen (secondary N) is 1. The Balaban J connectivity index is 1.98. The summed E-state index contributed by atoms with van der Waals surface area (Å²) in [5, 5.41) is 0. The number of ether oxygens (including phenoxy) is 1. The van der Waals surface area contributed by atoms with Crippen LogP contribution >= 0.6 is 15.9 Å². The Morgan fingerprint density at radius 3 is 2.56 bits per heavy atom. The number of hydrogen-bond acceptors (Lipinski definition) is 4. The maximum Gasteiger partial charge on any atom is 0.264 e. The van der Waals surface area contributed by atoms with Crippen LogP contribution in [0.15, 0.2) is 63.6 Å². The number of hydrogen-bond donors (Lipinski definition) is 1. The van der Waals surface area contributed by atoms with Crippen LogP contribution in [-0.2, 0) is 16.6 Å². The molecule has 0 spiro atoms. The van der Waals surface area contributed by atoms with Gasteiger partial charge in [0.25, 0.3) is 10.0 Å². The molecule has 1 N–H and O–H groups in total. The molecule has 2 aromatic carbocycles. The minimum absolute atomic E-state index is 0.271. The molecule has 130 valence electrons. The number of halogens is 1. The van der Waals surface area contributed by atoms with Crippen molar-refractivity contribution >= 4 is 36.7 Å². The lowest BCUT2D eigenvalue weighted by Crippen LogP contribution is -2.23. The van der Waals surface area contributed by atoms with E-state index in [1.165, 1.54) is 0 Å². The minimum Gasteiger partial charge on any atom is -0.496 e. The van der Waals surface area contributed by atoms with Gasteiger partial charge in [-0.05, 0) is 30.7 Å². The number of aliphatic imine (C=N–C) groups is 1. The maximum atomic E-state index is 12.5. The summed E-state index contributed by atoms with van der Waals surface area (Å²) in [5.41, 5.74) is 2.13. The second kappa shape index (κ2) is 7.01. The van der Waals surface area contributed by atoms with Crippen LogP contribution in [0.3, 0.4) is 0 Å². The van der Waals surface area contributed by atoms with E-state index in [4.69, 9.17) is 4.74 Å². The molecule has 0 radical (unpaired) electrons. The molecule has 1 aliphatic rings. The molecule has 0 aromatic heterocycles. The second-order valence-corrected chi connectivity index (χ2v) is 8.08. The zero-order valence-corrected chi connectivity index (χ0v) is 16.2. The first-order chi connectivity index (χ1) is 11.9. The summed E-state index contributed by atoms with van der Waals surface area (Å²) in [4.78, 5) is 4.73. The Morgan fingerprint density at radius 2 is 1.88 bits per heavy atom. The van der Waals surface area contributed by atoms with Crippen molar-refractivity contribution in [2.24, 2.45) is 4.99 Å². The number of methoxy groups -OCH3 is 1. The first-order valence-corrected chi connectivity index (χ1v) is 9.86. The van der Waals surface area contributed by atoms with Crippen LogP contribution in [-0.4, -0.2) is 21.4 Å². The quantitative estimate of drug-likeness (QED) is 0.819. The standard InChI is InChI=1S/C18H17BrN2O3S/c1-12-17(13-6-4-3-5-7-13)25(22,23)21-18(12)20-11-14-10-15(19)8-9-16(14)24-2/h3-10H,11H2,1-2H3,(H,20,21). The fourth-order valence-electron chi connectivity index (χ4n) is 2.71. The zero-order valence-electron chi connectivity index (χ0n) is 13.8. The summed E-state index contributed by atoms with van der Waals surface area (Å²) in [5.74, 6) is 1.07. The van der Waals surface area contributed by atoms with E-state index in [1.807, 2.05) is 36.4 Å². The van der Waals surface area contributed by atoms with Gasteiger partial charge < -0.3 is 4.74 Å².